The molecule has 1 N–H and O–H groups in total. The molecule has 0 saturated heterocycles. The molecule has 1 aliphatic rings. The second-order valence-electron chi connectivity index (χ2n) is 13.6. The standard InChI is InChI=1S/C15H33N.C11H13F.C6H11N.C6H10.C6H12.C2H6/c1-6-11-15(12-7-2)16(13-8-3)14(9-4)10-5;1-4-9-5-7-10(8-6-9)11(2,3)12;1-5(2)6(3)7-4;1-2-3-6-4-5-6;1-5(2)6(3)4;1-2/h14-15H,6-13H2,1-5H3;4-8H,1H2,2-3H3;7H,1,3H2,2,4H3;2-3,6H,4-5H2,1H3;6H,1H2,2-4H3;1-2H3/b;;;3-2+;;. The van der Waals surface area contributed by atoms with Crippen molar-refractivity contribution >= 4 is 6.08 Å². The lowest BCUT2D eigenvalue weighted by Crippen LogP contribution is -2.43. The highest BCUT2D eigenvalue weighted by atomic mass is 19.1. The summed E-state index contributed by atoms with van der Waals surface area (Å²) in [5.41, 5.74) is 3.62. The molecule has 1 aliphatic carbocycles. The number of hydrogen-bond acceptors (Lipinski definition) is 2. The van der Waals surface area contributed by atoms with Gasteiger partial charge in [0, 0.05) is 24.8 Å². The van der Waals surface area contributed by atoms with E-state index in [1.54, 1.807) is 32.1 Å². The van der Waals surface area contributed by atoms with Gasteiger partial charge in [-0.1, -0.05) is 150 Å². The van der Waals surface area contributed by atoms with Gasteiger partial charge in [-0.15, -0.1) is 0 Å². The highest BCUT2D eigenvalue weighted by molar-refractivity contribution is 5.47. The molecule has 3 heteroatoms. The van der Waals surface area contributed by atoms with Gasteiger partial charge in [-0.25, -0.2) is 4.39 Å². The molecule has 0 aromatic heterocycles. The molecule has 0 bridgehead atoms. The van der Waals surface area contributed by atoms with Crippen LogP contribution in [0, 0.1) is 11.8 Å². The third-order valence-corrected chi connectivity index (χ3v) is 8.33. The van der Waals surface area contributed by atoms with Crippen LogP contribution in [0.2, 0.25) is 0 Å². The SMILES string of the molecule is C/C=C/C1CC1.C=C(C)C(=C)NC.C=C(C)C(C)C.C=Cc1ccc(C(C)(C)F)cc1.CC.CCCC(CCC)N(CCC)C(CC)CC. The fraction of sp³-hybridized carbons (Fsp3) is 0.652. The first kappa shape index (κ1) is 53.4. The Bertz CT molecular complexity index is 950. The zero-order valence-corrected chi connectivity index (χ0v) is 35.6. The van der Waals surface area contributed by atoms with Crippen molar-refractivity contribution in [2.75, 3.05) is 13.6 Å². The summed E-state index contributed by atoms with van der Waals surface area (Å²) in [7, 11) is 1.83. The van der Waals surface area contributed by atoms with Gasteiger partial charge >= 0.3 is 0 Å². The van der Waals surface area contributed by atoms with Crippen LogP contribution in [0.15, 0.2) is 79.6 Å². The first-order chi connectivity index (χ1) is 23.0. The van der Waals surface area contributed by atoms with Gasteiger partial charge < -0.3 is 5.32 Å². The number of hydrogen-bond donors (Lipinski definition) is 1. The van der Waals surface area contributed by atoms with Crippen molar-refractivity contribution in [2.45, 2.75) is 172 Å². The van der Waals surface area contributed by atoms with E-state index >= 15 is 0 Å². The van der Waals surface area contributed by atoms with E-state index in [0.717, 1.165) is 34.8 Å². The van der Waals surface area contributed by atoms with Gasteiger partial charge in [0.25, 0.3) is 0 Å². The number of nitrogens with one attached hydrogen (secondary N) is 1. The molecular weight excluding hydrogens is 600 g/mol. The van der Waals surface area contributed by atoms with E-state index in [2.05, 4.69) is 104 Å². The van der Waals surface area contributed by atoms with Crippen LogP contribution in [0.25, 0.3) is 6.08 Å². The molecule has 1 saturated carbocycles. The average molecular weight is 685 g/mol. The minimum Gasteiger partial charge on any atom is -0.388 e. The maximum Gasteiger partial charge on any atom is 0.130 e. The molecular formula is C46H85FN2. The van der Waals surface area contributed by atoms with Gasteiger partial charge in [0.15, 0.2) is 0 Å². The van der Waals surface area contributed by atoms with Crippen molar-refractivity contribution in [1.29, 1.82) is 0 Å². The minimum atomic E-state index is -1.25. The van der Waals surface area contributed by atoms with Crippen LogP contribution in [0.3, 0.4) is 0 Å². The molecule has 0 atom stereocenters. The number of allylic oxidation sites excluding steroid dienone is 4. The summed E-state index contributed by atoms with van der Waals surface area (Å²) in [6.45, 7) is 45.1. The number of alkyl halides is 1. The van der Waals surface area contributed by atoms with Crippen molar-refractivity contribution in [1.82, 2.24) is 10.2 Å². The predicted molar refractivity (Wildman–Crippen MR) is 227 cm³/mol. The van der Waals surface area contributed by atoms with Crippen molar-refractivity contribution in [3.8, 4) is 0 Å². The van der Waals surface area contributed by atoms with Gasteiger partial charge in [0.2, 0.25) is 0 Å². The minimum absolute atomic E-state index is 0.657. The normalized spacial score (nSPS) is 11.8. The van der Waals surface area contributed by atoms with E-state index < -0.39 is 5.67 Å². The number of likely N-dealkylation sites (N-methyl/N-ethyl adjacent to an activating group) is 1. The highest BCUT2D eigenvalue weighted by Crippen LogP contribution is 2.29. The van der Waals surface area contributed by atoms with E-state index in [1.807, 2.05) is 46.9 Å². The summed E-state index contributed by atoms with van der Waals surface area (Å²) in [5, 5.41) is 2.87. The fourth-order valence-electron chi connectivity index (χ4n) is 4.61. The number of benzene rings is 1. The molecule has 49 heavy (non-hydrogen) atoms. The number of rotatable bonds is 16. The molecule has 0 amide bonds. The molecule has 0 aliphatic heterocycles. The smallest absolute Gasteiger partial charge is 0.130 e. The second kappa shape index (κ2) is 34.1. The molecule has 2 rings (SSSR count). The molecule has 0 spiro atoms. The molecule has 0 radical (unpaired) electrons. The Hall–Kier alpha value is -2.39. The Morgan fingerprint density at radius 2 is 1.35 bits per heavy atom. The van der Waals surface area contributed by atoms with Crippen molar-refractivity contribution < 1.29 is 4.39 Å². The summed E-state index contributed by atoms with van der Waals surface area (Å²) in [5.74, 6) is 1.62. The summed E-state index contributed by atoms with van der Waals surface area (Å²) < 4.78 is 13.3. The van der Waals surface area contributed by atoms with Crippen molar-refractivity contribution in [3.05, 3.63) is 90.7 Å². The van der Waals surface area contributed by atoms with Gasteiger partial charge in [-0.2, -0.15) is 0 Å². The Morgan fingerprint density at radius 3 is 1.55 bits per heavy atom. The van der Waals surface area contributed by atoms with Crippen LogP contribution in [-0.4, -0.2) is 30.6 Å². The largest absolute Gasteiger partial charge is 0.388 e. The third-order valence-electron chi connectivity index (χ3n) is 8.33. The first-order valence-electron chi connectivity index (χ1n) is 19.5. The predicted octanol–water partition coefficient (Wildman–Crippen LogP) is 14.9. The molecule has 1 fully saturated rings. The number of nitrogens with zero attached hydrogens (tertiary/aromatic N) is 1. The van der Waals surface area contributed by atoms with E-state index in [4.69, 9.17) is 0 Å². The van der Waals surface area contributed by atoms with E-state index in [1.165, 1.54) is 69.9 Å². The van der Waals surface area contributed by atoms with Crippen LogP contribution in [0.1, 0.15) is 166 Å². The lowest BCUT2D eigenvalue weighted by atomic mass is 9.99. The molecule has 0 heterocycles. The summed E-state index contributed by atoms with van der Waals surface area (Å²) in [6.07, 6.45) is 18.3. The quantitative estimate of drug-likeness (QED) is 0.138. The lowest BCUT2D eigenvalue weighted by molar-refractivity contribution is 0.111. The Kier molecular flexibility index (Phi) is 37.1. The second-order valence-corrected chi connectivity index (χ2v) is 13.6. The van der Waals surface area contributed by atoms with Crippen molar-refractivity contribution in [2.24, 2.45) is 11.8 Å². The number of halogens is 1. The topological polar surface area (TPSA) is 15.3 Å². The van der Waals surface area contributed by atoms with Gasteiger partial charge in [-0.3, -0.25) is 4.90 Å². The van der Waals surface area contributed by atoms with Crippen LogP contribution >= 0.6 is 0 Å². The Morgan fingerprint density at radius 1 is 0.898 bits per heavy atom. The zero-order chi connectivity index (χ0) is 39.0. The van der Waals surface area contributed by atoms with Crippen LogP contribution < -0.4 is 5.32 Å². The zero-order valence-electron chi connectivity index (χ0n) is 35.6. The fourth-order valence-corrected chi connectivity index (χ4v) is 4.61. The molecule has 1 aromatic carbocycles. The summed E-state index contributed by atoms with van der Waals surface area (Å²) in [4.78, 5) is 2.80. The van der Waals surface area contributed by atoms with Crippen LogP contribution in [-0.2, 0) is 5.67 Å². The van der Waals surface area contributed by atoms with Crippen molar-refractivity contribution in [3.63, 3.8) is 0 Å². The first-order valence-corrected chi connectivity index (χ1v) is 19.5. The maximum atomic E-state index is 13.3. The Balaban J connectivity index is -0.000000270. The van der Waals surface area contributed by atoms with Gasteiger partial charge in [-0.05, 0) is 115 Å². The van der Waals surface area contributed by atoms with E-state index in [-0.39, 0.29) is 0 Å². The van der Waals surface area contributed by atoms with E-state index in [0.29, 0.717) is 11.5 Å². The van der Waals surface area contributed by atoms with E-state index in [9.17, 15) is 4.39 Å². The average Bonchev–Trinajstić information content (AvgIpc) is 3.90. The molecule has 1 aromatic rings. The lowest BCUT2D eigenvalue weighted by Gasteiger charge is -2.37. The molecule has 2 nitrogen and oxygen atoms in total. The summed E-state index contributed by atoms with van der Waals surface area (Å²) >= 11 is 0. The molecule has 286 valence electrons. The molecule has 0 unspecified atom stereocenters. The van der Waals surface area contributed by atoms with Crippen LogP contribution in [0.5, 0.6) is 0 Å². The highest BCUT2D eigenvalue weighted by Gasteiger charge is 2.22. The monoisotopic (exact) mass is 685 g/mol. The Labute approximate surface area is 308 Å². The summed E-state index contributed by atoms with van der Waals surface area (Å²) in [6, 6.07) is 8.95. The van der Waals surface area contributed by atoms with Gasteiger partial charge in [0.1, 0.15) is 5.67 Å². The maximum absolute atomic E-state index is 13.3. The third kappa shape index (κ3) is 31.3. The van der Waals surface area contributed by atoms with Crippen LogP contribution in [0.4, 0.5) is 4.39 Å². The van der Waals surface area contributed by atoms with Gasteiger partial charge in [0.05, 0.1) is 0 Å².